The summed E-state index contributed by atoms with van der Waals surface area (Å²) in [5.41, 5.74) is 0. The van der Waals surface area contributed by atoms with E-state index in [-0.39, 0.29) is 38.6 Å². The molecular weight excluding hydrogens is 839 g/mol. The van der Waals surface area contributed by atoms with Crippen LogP contribution in [0.3, 0.4) is 0 Å². The third-order valence-corrected chi connectivity index (χ3v) is 10.2. The van der Waals surface area contributed by atoms with Crippen LogP contribution in [-0.4, -0.2) is 87.4 Å². The number of carbonyl (C=O) groups is 3. The van der Waals surface area contributed by atoms with Gasteiger partial charge in [0.1, 0.15) is 13.2 Å². The third kappa shape index (κ3) is 49.4. The Labute approximate surface area is 408 Å². The molecule has 0 spiro atoms. The zero-order valence-electron chi connectivity index (χ0n) is 42.8. The first-order valence-electron chi connectivity index (χ1n) is 25.7. The van der Waals surface area contributed by atoms with Crippen LogP contribution in [0, 0.1) is 0 Å². The van der Waals surface area contributed by atoms with Crippen LogP contribution in [-0.2, 0) is 33.3 Å². The van der Waals surface area contributed by atoms with E-state index in [1.54, 1.807) is 0 Å². The molecular formula is C58H94NO8+. The monoisotopic (exact) mass is 933 g/mol. The molecule has 9 nitrogen and oxygen atoms in total. The van der Waals surface area contributed by atoms with Crippen LogP contribution in [0.4, 0.5) is 0 Å². The number of nitrogens with zero attached hydrogens (tertiary/aromatic N) is 1. The molecule has 0 aliphatic carbocycles. The molecule has 0 aromatic carbocycles. The summed E-state index contributed by atoms with van der Waals surface area (Å²) in [6.07, 6.45) is 64.2. The van der Waals surface area contributed by atoms with Gasteiger partial charge in [-0.05, 0) is 103 Å². The van der Waals surface area contributed by atoms with E-state index in [4.69, 9.17) is 18.9 Å². The molecule has 0 aromatic heterocycles. The van der Waals surface area contributed by atoms with E-state index in [0.29, 0.717) is 23.9 Å². The van der Waals surface area contributed by atoms with E-state index in [9.17, 15) is 19.5 Å². The first kappa shape index (κ1) is 62.7. The Morgan fingerprint density at radius 1 is 0.463 bits per heavy atom. The fourth-order valence-electron chi connectivity index (χ4n) is 6.24. The van der Waals surface area contributed by atoms with Gasteiger partial charge in [0.05, 0.1) is 34.4 Å². The number of rotatable bonds is 45. The second-order valence-corrected chi connectivity index (χ2v) is 17.7. The molecule has 1 N–H and O–H groups in total. The lowest BCUT2D eigenvalue weighted by atomic mass is 10.1. The van der Waals surface area contributed by atoms with Crippen LogP contribution in [0.15, 0.2) is 122 Å². The number of unbranched alkanes of at least 4 members (excludes halogenated alkanes) is 10. The Morgan fingerprint density at radius 3 is 1.33 bits per heavy atom. The summed E-state index contributed by atoms with van der Waals surface area (Å²) in [5, 5.41) is 9.66. The highest BCUT2D eigenvalue weighted by atomic mass is 16.7. The molecule has 0 aliphatic rings. The molecule has 2 atom stereocenters. The van der Waals surface area contributed by atoms with Crippen molar-refractivity contribution in [3.8, 4) is 0 Å². The molecule has 0 heterocycles. The quantitative estimate of drug-likeness (QED) is 0.0211. The lowest BCUT2D eigenvalue weighted by molar-refractivity contribution is -0.870. The van der Waals surface area contributed by atoms with Crippen molar-refractivity contribution < 1.29 is 42.9 Å². The van der Waals surface area contributed by atoms with Gasteiger partial charge in [-0.3, -0.25) is 9.59 Å². The van der Waals surface area contributed by atoms with Crippen molar-refractivity contribution in [1.29, 1.82) is 0 Å². The van der Waals surface area contributed by atoms with Gasteiger partial charge in [0.25, 0.3) is 6.29 Å². The summed E-state index contributed by atoms with van der Waals surface area (Å²) < 4.78 is 22.7. The van der Waals surface area contributed by atoms with Crippen LogP contribution in [0.25, 0.3) is 0 Å². The number of quaternary nitrogens is 1. The van der Waals surface area contributed by atoms with Crippen LogP contribution in [0.1, 0.15) is 168 Å². The Morgan fingerprint density at radius 2 is 0.866 bits per heavy atom. The smallest absolute Gasteiger partial charge is 0.361 e. The highest BCUT2D eigenvalue weighted by molar-refractivity contribution is 5.71. The summed E-state index contributed by atoms with van der Waals surface area (Å²) in [7, 11) is 5.92. The van der Waals surface area contributed by atoms with Crippen molar-refractivity contribution in [3.05, 3.63) is 122 Å². The van der Waals surface area contributed by atoms with Gasteiger partial charge in [-0.25, -0.2) is 4.79 Å². The predicted octanol–water partition coefficient (Wildman–Crippen LogP) is 14.6. The third-order valence-electron chi connectivity index (χ3n) is 10.2. The maximum absolute atomic E-state index is 12.8. The van der Waals surface area contributed by atoms with E-state index in [1.165, 1.54) is 32.1 Å². The second-order valence-electron chi connectivity index (χ2n) is 17.7. The van der Waals surface area contributed by atoms with Crippen molar-refractivity contribution >= 4 is 17.9 Å². The van der Waals surface area contributed by atoms with Gasteiger partial charge in [-0.2, -0.15) is 0 Å². The maximum Gasteiger partial charge on any atom is 0.361 e. The highest BCUT2D eigenvalue weighted by Gasteiger charge is 2.25. The standard InChI is InChI=1S/C58H93NO8/c1-6-8-10-12-14-16-18-20-21-22-23-24-25-26-27-28-29-30-31-32-33-34-35-37-39-41-43-45-47-49-56(61)67-54(53-66-58(57(62)63)64-51-50-59(3,4)5)52-65-55(60)48-46-44-42-40-38-36-19-17-15-13-11-9-7-2/h8,10,14,16-17,19-21,23-24,26-27,29-30,32-33,35,37,41,43,54,58H,6-7,9,11-13,15,18,22,25,28,31,34,36,38-40,42,44-53H2,1-5H3/p+1/b10-8-,16-14-,19-17-,21-20-,24-23-,27-26-,30-29-,33-32-,37-35-,43-41-. The van der Waals surface area contributed by atoms with Crippen molar-refractivity contribution in [1.82, 2.24) is 0 Å². The summed E-state index contributed by atoms with van der Waals surface area (Å²) in [6, 6.07) is 0. The molecule has 378 valence electrons. The summed E-state index contributed by atoms with van der Waals surface area (Å²) in [5.74, 6) is -2.12. The molecule has 0 radical (unpaired) electrons. The Bertz CT molecular complexity index is 1510. The number of allylic oxidation sites excluding steroid dienone is 20. The fraction of sp³-hybridized carbons (Fsp3) is 0.603. The lowest BCUT2D eigenvalue weighted by Gasteiger charge is -2.25. The van der Waals surface area contributed by atoms with Crippen molar-refractivity contribution in [2.24, 2.45) is 0 Å². The van der Waals surface area contributed by atoms with Gasteiger partial charge in [0, 0.05) is 12.8 Å². The number of hydrogen-bond acceptors (Lipinski definition) is 7. The number of esters is 2. The predicted molar refractivity (Wildman–Crippen MR) is 281 cm³/mol. The van der Waals surface area contributed by atoms with Gasteiger partial charge in [0.15, 0.2) is 6.10 Å². The number of carboxylic acids is 1. The van der Waals surface area contributed by atoms with Crippen molar-refractivity contribution in [2.75, 3.05) is 47.5 Å². The summed E-state index contributed by atoms with van der Waals surface area (Å²) in [4.78, 5) is 37.2. The van der Waals surface area contributed by atoms with Crippen molar-refractivity contribution in [2.45, 2.75) is 180 Å². The number of carbonyl (C=O) groups excluding carboxylic acids is 2. The minimum atomic E-state index is -1.53. The Balaban J connectivity index is 4.46. The van der Waals surface area contributed by atoms with E-state index in [1.807, 2.05) is 21.1 Å². The van der Waals surface area contributed by atoms with Gasteiger partial charge in [0.2, 0.25) is 0 Å². The molecule has 0 aromatic rings. The summed E-state index contributed by atoms with van der Waals surface area (Å²) >= 11 is 0. The number of hydrogen-bond donors (Lipinski definition) is 1. The Hall–Kier alpha value is -4.31. The molecule has 0 saturated heterocycles. The van der Waals surface area contributed by atoms with E-state index < -0.39 is 24.3 Å². The fourth-order valence-corrected chi connectivity index (χ4v) is 6.24. The van der Waals surface area contributed by atoms with Gasteiger partial charge < -0.3 is 28.5 Å². The maximum atomic E-state index is 12.8. The SMILES string of the molecule is CC/C=C\C/C=C\C/C=C\C/C=C\C/C=C\C/C=C\C/C=C\C/C=C\C/C=C\CCCC(=O)OC(COC(=O)CCCCCCC/C=C\CCCCCC)COC(OCC[N+](C)(C)C)C(=O)O. The van der Waals surface area contributed by atoms with Crippen LogP contribution < -0.4 is 0 Å². The number of aliphatic carboxylic acids is 1. The highest BCUT2D eigenvalue weighted by Crippen LogP contribution is 2.11. The van der Waals surface area contributed by atoms with E-state index in [0.717, 1.165) is 96.3 Å². The number of ether oxygens (including phenoxy) is 4. The normalized spacial score (nSPS) is 13.9. The second kappa shape index (κ2) is 48.2. The largest absolute Gasteiger partial charge is 0.477 e. The zero-order chi connectivity index (χ0) is 49.2. The average Bonchev–Trinajstić information content (AvgIpc) is 3.29. The first-order valence-corrected chi connectivity index (χ1v) is 25.7. The van der Waals surface area contributed by atoms with E-state index in [2.05, 4.69) is 135 Å². The van der Waals surface area contributed by atoms with Crippen LogP contribution in [0.5, 0.6) is 0 Å². The molecule has 0 amide bonds. The first-order chi connectivity index (χ1) is 32.6. The van der Waals surface area contributed by atoms with Gasteiger partial charge >= 0.3 is 17.9 Å². The molecule has 0 fully saturated rings. The zero-order valence-corrected chi connectivity index (χ0v) is 42.8. The van der Waals surface area contributed by atoms with Crippen LogP contribution in [0.2, 0.25) is 0 Å². The van der Waals surface area contributed by atoms with Crippen molar-refractivity contribution in [3.63, 3.8) is 0 Å². The molecule has 0 aliphatic heterocycles. The minimum Gasteiger partial charge on any atom is -0.477 e. The van der Waals surface area contributed by atoms with Crippen LogP contribution >= 0.6 is 0 Å². The number of carboxylic acid groups (broad SMARTS) is 1. The molecule has 0 bridgehead atoms. The Kier molecular flexibility index (Phi) is 45.1. The van der Waals surface area contributed by atoms with E-state index >= 15 is 0 Å². The lowest BCUT2D eigenvalue weighted by Crippen LogP contribution is -2.40. The molecule has 0 rings (SSSR count). The molecule has 0 saturated carbocycles. The minimum absolute atomic E-state index is 0.168. The summed E-state index contributed by atoms with van der Waals surface area (Å²) in [6.45, 7) is 4.63. The van der Waals surface area contributed by atoms with Gasteiger partial charge in [-0.15, -0.1) is 0 Å². The average molecular weight is 933 g/mol. The number of likely N-dealkylation sites (N-methyl/N-ethyl adjacent to an activating group) is 1. The molecule has 67 heavy (non-hydrogen) atoms. The van der Waals surface area contributed by atoms with Gasteiger partial charge in [-0.1, -0.05) is 174 Å². The molecule has 9 heteroatoms. The topological polar surface area (TPSA) is 108 Å². The molecule has 2 unspecified atom stereocenters.